The molecule has 0 bridgehead atoms. The third kappa shape index (κ3) is 1.76. The van der Waals surface area contributed by atoms with Gasteiger partial charge >= 0.3 is 0 Å². The Bertz CT molecular complexity index is 504. The summed E-state index contributed by atoms with van der Waals surface area (Å²) in [5.74, 6) is -0.380. The predicted molar refractivity (Wildman–Crippen MR) is 56.5 cm³/mol. The van der Waals surface area contributed by atoms with E-state index in [1.54, 1.807) is 19.3 Å². The van der Waals surface area contributed by atoms with E-state index in [0.717, 1.165) is 5.52 Å². The molecule has 1 aromatic heterocycles. The molecule has 2 aromatic rings. The van der Waals surface area contributed by atoms with Crippen LogP contribution in [0.15, 0.2) is 24.4 Å². The number of halogens is 1. The SMILES string of the molecule is CNCC(=O)c1c[nH]c2ccc(F)cc12. The van der Waals surface area contributed by atoms with Crippen molar-refractivity contribution in [2.45, 2.75) is 0 Å². The van der Waals surface area contributed by atoms with Crippen molar-refractivity contribution in [3.8, 4) is 0 Å². The van der Waals surface area contributed by atoms with Crippen LogP contribution in [0.5, 0.6) is 0 Å². The number of aromatic nitrogens is 1. The zero-order chi connectivity index (χ0) is 10.8. The fourth-order valence-corrected chi connectivity index (χ4v) is 1.58. The first-order chi connectivity index (χ1) is 7.22. The van der Waals surface area contributed by atoms with Crippen LogP contribution in [0.2, 0.25) is 0 Å². The van der Waals surface area contributed by atoms with Crippen molar-refractivity contribution in [1.29, 1.82) is 0 Å². The Hall–Kier alpha value is -1.68. The van der Waals surface area contributed by atoms with Gasteiger partial charge in [0.2, 0.25) is 0 Å². The number of hydrogen-bond donors (Lipinski definition) is 2. The predicted octanol–water partition coefficient (Wildman–Crippen LogP) is 1.71. The topological polar surface area (TPSA) is 44.9 Å². The molecular weight excluding hydrogens is 195 g/mol. The van der Waals surface area contributed by atoms with E-state index < -0.39 is 0 Å². The summed E-state index contributed by atoms with van der Waals surface area (Å²) in [6.07, 6.45) is 1.61. The fourth-order valence-electron chi connectivity index (χ4n) is 1.58. The number of hydrogen-bond acceptors (Lipinski definition) is 2. The molecule has 0 fully saturated rings. The van der Waals surface area contributed by atoms with Crippen molar-refractivity contribution in [1.82, 2.24) is 10.3 Å². The zero-order valence-corrected chi connectivity index (χ0v) is 8.30. The number of nitrogens with one attached hydrogen (secondary N) is 2. The van der Waals surface area contributed by atoms with Crippen LogP contribution in [0.1, 0.15) is 10.4 Å². The molecule has 0 unspecified atom stereocenters. The number of H-pyrrole nitrogens is 1. The van der Waals surface area contributed by atoms with E-state index in [1.165, 1.54) is 12.1 Å². The molecule has 1 heterocycles. The van der Waals surface area contributed by atoms with Crippen molar-refractivity contribution in [2.24, 2.45) is 0 Å². The number of Topliss-reactive ketones (excluding diaryl/α,β-unsaturated/α-hetero) is 1. The molecule has 1 aromatic carbocycles. The van der Waals surface area contributed by atoms with Gasteiger partial charge < -0.3 is 10.3 Å². The van der Waals surface area contributed by atoms with Crippen molar-refractivity contribution >= 4 is 16.7 Å². The number of carbonyl (C=O) groups excluding carboxylic acids is 1. The highest BCUT2D eigenvalue weighted by Crippen LogP contribution is 2.19. The van der Waals surface area contributed by atoms with Gasteiger partial charge in [-0.2, -0.15) is 0 Å². The normalized spacial score (nSPS) is 10.8. The van der Waals surface area contributed by atoms with Crippen LogP contribution in [-0.4, -0.2) is 24.4 Å². The smallest absolute Gasteiger partial charge is 0.178 e. The van der Waals surface area contributed by atoms with Crippen LogP contribution in [0.25, 0.3) is 10.9 Å². The number of rotatable bonds is 3. The number of fused-ring (bicyclic) bond motifs is 1. The molecule has 0 amide bonds. The van der Waals surface area contributed by atoms with Gasteiger partial charge in [0.15, 0.2) is 5.78 Å². The van der Waals surface area contributed by atoms with E-state index in [0.29, 0.717) is 10.9 Å². The molecule has 78 valence electrons. The highest BCUT2D eigenvalue weighted by molar-refractivity contribution is 6.08. The molecule has 15 heavy (non-hydrogen) atoms. The molecule has 0 saturated heterocycles. The van der Waals surface area contributed by atoms with Gasteiger partial charge in [0.05, 0.1) is 6.54 Å². The average Bonchev–Trinajstić information content (AvgIpc) is 2.60. The Morgan fingerprint density at radius 1 is 1.53 bits per heavy atom. The Kier molecular flexibility index (Phi) is 2.51. The Morgan fingerprint density at radius 2 is 2.33 bits per heavy atom. The summed E-state index contributed by atoms with van der Waals surface area (Å²) in [5.41, 5.74) is 1.30. The molecule has 0 radical (unpaired) electrons. The van der Waals surface area contributed by atoms with Crippen molar-refractivity contribution in [2.75, 3.05) is 13.6 Å². The van der Waals surface area contributed by atoms with Gasteiger partial charge in [0.1, 0.15) is 5.82 Å². The summed E-state index contributed by atoms with van der Waals surface area (Å²) >= 11 is 0. The lowest BCUT2D eigenvalue weighted by atomic mass is 10.1. The van der Waals surface area contributed by atoms with E-state index in [4.69, 9.17) is 0 Å². The van der Waals surface area contributed by atoms with Crippen LogP contribution in [-0.2, 0) is 0 Å². The van der Waals surface area contributed by atoms with E-state index in [2.05, 4.69) is 10.3 Å². The van der Waals surface area contributed by atoms with Gasteiger partial charge in [-0.3, -0.25) is 4.79 Å². The van der Waals surface area contributed by atoms with Gasteiger partial charge in [-0.1, -0.05) is 0 Å². The second kappa shape index (κ2) is 3.82. The monoisotopic (exact) mass is 206 g/mol. The molecule has 0 spiro atoms. The lowest BCUT2D eigenvalue weighted by molar-refractivity contribution is 0.0995. The average molecular weight is 206 g/mol. The Labute approximate surface area is 86.3 Å². The molecule has 0 aliphatic carbocycles. The van der Waals surface area contributed by atoms with Crippen molar-refractivity contribution in [3.63, 3.8) is 0 Å². The van der Waals surface area contributed by atoms with Crippen LogP contribution in [0.4, 0.5) is 4.39 Å². The molecule has 0 atom stereocenters. The summed E-state index contributed by atoms with van der Waals surface area (Å²) in [6, 6.07) is 4.36. The molecule has 0 saturated carbocycles. The number of likely N-dealkylation sites (N-methyl/N-ethyl adjacent to an activating group) is 1. The largest absolute Gasteiger partial charge is 0.360 e. The molecule has 2 rings (SSSR count). The highest BCUT2D eigenvalue weighted by atomic mass is 19.1. The van der Waals surface area contributed by atoms with Gasteiger partial charge in [0.25, 0.3) is 0 Å². The Morgan fingerprint density at radius 3 is 3.07 bits per heavy atom. The zero-order valence-electron chi connectivity index (χ0n) is 8.30. The maximum absolute atomic E-state index is 13.0. The Balaban J connectivity index is 2.52. The van der Waals surface area contributed by atoms with E-state index in [1.807, 2.05) is 0 Å². The summed E-state index contributed by atoms with van der Waals surface area (Å²) in [7, 11) is 1.70. The molecule has 0 aliphatic rings. The maximum Gasteiger partial charge on any atom is 0.178 e. The minimum Gasteiger partial charge on any atom is -0.360 e. The van der Waals surface area contributed by atoms with Gasteiger partial charge in [-0.25, -0.2) is 4.39 Å². The molecular formula is C11H11FN2O. The minimum absolute atomic E-state index is 0.0469. The first kappa shape index (κ1) is 9.86. The summed E-state index contributed by atoms with van der Waals surface area (Å²) in [5, 5.41) is 3.41. The summed E-state index contributed by atoms with van der Waals surface area (Å²) in [6.45, 7) is 0.253. The fraction of sp³-hybridized carbons (Fsp3) is 0.182. The summed E-state index contributed by atoms with van der Waals surface area (Å²) < 4.78 is 13.0. The standard InChI is InChI=1S/C11H11FN2O/c1-13-6-11(15)9-5-14-10-3-2-7(12)4-8(9)10/h2-5,13-14H,6H2,1H3. The van der Waals surface area contributed by atoms with Crippen LogP contribution < -0.4 is 5.32 Å². The highest BCUT2D eigenvalue weighted by Gasteiger charge is 2.11. The second-order valence-electron chi connectivity index (χ2n) is 3.35. The lowest BCUT2D eigenvalue weighted by Crippen LogP contribution is -2.18. The molecule has 4 heteroatoms. The third-order valence-corrected chi connectivity index (χ3v) is 2.28. The maximum atomic E-state index is 13.0. The number of aromatic amines is 1. The number of ketones is 1. The van der Waals surface area contributed by atoms with Gasteiger partial charge in [0, 0.05) is 22.7 Å². The van der Waals surface area contributed by atoms with Crippen LogP contribution in [0, 0.1) is 5.82 Å². The first-order valence-electron chi connectivity index (χ1n) is 4.67. The quantitative estimate of drug-likeness (QED) is 0.751. The third-order valence-electron chi connectivity index (χ3n) is 2.28. The summed E-state index contributed by atoms with van der Waals surface area (Å²) in [4.78, 5) is 14.6. The lowest BCUT2D eigenvalue weighted by Gasteiger charge is -1.97. The molecule has 2 N–H and O–H groups in total. The number of benzene rings is 1. The van der Waals surface area contributed by atoms with E-state index in [9.17, 15) is 9.18 Å². The molecule has 0 aliphatic heterocycles. The van der Waals surface area contributed by atoms with Gasteiger partial charge in [-0.15, -0.1) is 0 Å². The van der Waals surface area contributed by atoms with Crippen LogP contribution in [0.3, 0.4) is 0 Å². The first-order valence-corrected chi connectivity index (χ1v) is 4.67. The molecule has 3 nitrogen and oxygen atoms in total. The van der Waals surface area contributed by atoms with Crippen LogP contribution >= 0.6 is 0 Å². The minimum atomic E-state index is -0.333. The van der Waals surface area contributed by atoms with Gasteiger partial charge in [-0.05, 0) is 25.2 Å². The van der Waals surface area contributed by atoms with Crippen molar-refractivity contribution < 1.29 is 9.18 Å². The second-order valence-corrected chi connectivity index (χ2v) is 3.35. The van der Waals surface area contributed by atoms with E-state index in [-0.39, 0.29) is 18.1 Å². The number of carbonyl (C=O) groups is 1. The van der Waals surface area contributed by atoms with Crippen molar-refractivity contribution in [3.05, 3.63) is 35.8 Å². The van der Waals surface area contributed by atoms with E-state index >= 15 is 0 Å².